The zero-order chi connectivity index (χ0) is 34.0. The maximum atomic E-state index is 12.3. The molecule has 0 aliphatic rings. The molecule has 4 rings (SSSR count). The first-order valence-corrected chi connectivity index (χ1v) is 15.1. The number of hydrogen-bond acceptors (Lipinski definition) is 12. The summed E-state index contributed by atoms with van der Waals surface area (Å²) in [6, 6.07) is 9.21. The molecule has 0 spiro atoms. The number of amides is 2. The Morgan fingerprint density at radius 1 is 0.761 bits per heavy atom. The van der Waals surface area contributed by atoms with Crippen LogP contribution in [0.1, 0.15) is 83.7 Å². The van der Waals surface area contributed by atoms with Gasteiger partial charge >= 0.3 is 11.9 Å². The second-order valence-electron chi connectivity index (χ2n) is 9.84. The molecule has 0 bridgehead atoms. The average molecular weight is 671 g/mol. The van der Waals surface area contributed by atoms with Crippen LogP contribution >= 0.6 is 22.7 Å². The fourth-order valence-electron chi connectivity index (χ4n) is 3.58. The fraction of sp³-hybridized carbons (Fsp3) is 0.233. The number of carboxylic acid groups (broad SMARTS) is 2. The van der Waals surface area contributed by atoms with Crippen LogP contribution in [0.4, 0.5) is 10.3 Å². The van der Waals surface area contributed by atoms with E-state index >= 15 is 0 Å². The molecule has 46 heavy (non-hydrogen) atoms. The van der Waals surface area contributed by atoms with Gasteiger partial charge in [-0.1, -0.05) is 22.7 Å². The highest BCUT2D eigenvalue weighted by molar-refractivity contribution is 7.17. The second kappa shape index (κ2) is 16.2. The Morgan fingerprint density at radius 2 is 1.22 bits per heavy atom. The van der Waals surface area contributed by atoms with Gasteiger partial charge in [-0.05, 0) is 69.7 Å². The van der Waals surface area contributed by atoms with Crippen molar-refractivity contribution in [1.82, 2.24) is 9.97 Å². The quantitative estimate of drug-likeness (QED) is 0.125. The van der Waals surface area contributed by atoms with E-state index in [2.05, 4.69) is 20.6 Å². The highest BCUT2D eigenvalue weighted by atomic mass is 32.1. The van der Waals surface area contributed by atoms with Crippen molar-refractivity contribution in [1.29, 1.82) is 0 Å². The molecule has 2 aromatic heterocycles. The summed E-state index contributed by atoms with van der Waals surface area (Å²) < 4.78 is 11.1. The number of benzene rings is 2. The maximum Gasteiger partial charge on any atom is 0.347 e. The van der Waals surface area contributed by atoms with Gasteiger partial charge in [0.15, 0.2) is 10.3 Å². The number of nitrogens with one attached hydrogen (secondary N) is 2. The number of nitrogens with zero attached hydrogens (tertiary/aromatic N) is 2. The summed E-state index contributed by atoms with van der Waals surface area (Å²) in [5, 5.41) is 32.4. The first-order chi connectivity index (χ1) is 21.8. The molecule has 2 amide bonds. The minimum atomic E-state index is -1.11. The summed E-state index contributed by atoms with van der Waals surface area (Å²) in [5.41, 5.74) is 1.36. The van der Waals surface area contributed by atoms with Gasteiger partial charge < -0.3 is 24.8 Å². The third-order valence-corrected chi connectivity index (χ3v) is 7.16. The third kappa shape index (κ3) is 10.5. The predicted octanol–water partition coefficient (Wildman–Crippen LogP) is 5.07. The molecule has 0 aliphatic heterocycles. The van der Waals surface area contributed by atoms with Crippen molar-refractivity contribution >= 4 is 63.0 Å². The minimum absolute atomic E-state index is 0.0192. The van der Waals surface area contributed by atoms with Crippen molar-refractivity contribution in [2.45, 2.75) is 46.5 Å². The number of hydrogen-bond donors (Lipinski definition) is 5. The summed E-state index contributed by atoms with van der Waals surface area (Å²) in [5.74, 6) is -2.30. The van der Waals surface area contributed by atoms with Crippen LogP contribution in [0.2, 0.25) is 0 Å². The summed E-state index contributed by atoms with van der Waals surface area (Å²) in [6.07, 6.45) is 2.79. The first kappa shape index (κ1) is 35.3. The number of anilines is 2. The molecular formula is C30H30N4O10S2. The van der Waals surface area contributed by atoms with Gasteiger partial charge in [0.1, 0.15) is 27.5 Å². The number of aromatic carboxylic acids is 2. The monoisotopic (exact) mass is 670 g/mol. The normalized spacial score (nSPS) is 10.5. The van der Waals surface area contributed by atoms with Crippen LogP contribution in [0.15, 0.2) is 48.8 Å². The van der Waals surface area contributed by atoms with Crippen LogP contribution < -0.4 is 20.1 Å². The van der Waals surface area contributed by atoms with Crippen LogP contribution in [-0.4, -0.2) is 67.5 Å². The van der Waals surface area contributed by atoms with E-state index in [0.717, 1.165) is 28.9 Å². The van der Waals surface area contributed by atoms with Crippen molar-refractivity contribution in [2.75, 3.05) is 10.6 Å². The van der Waals surface area contributed by atoms with Gasteiger partial charge in [-0.2, -0.15) is 0 Å². The lowest BCUT2D eigenvalue weighted by atomic mass is 10.1. The lowest BCUT2D eigenvalue weighted by Gasteiger charge is -2.12. The van der Waals surface area contributed by atoms with Gasteiger partial charge in [0, 0.05) is 16.7 Å². The van der Waals surface area contributed by atoms with Crippen LogP contribution in [0.25, 0.3) is 0 Å². The molecule has 14 nitrogen and oxygen atoms in total. The highest BCUT2D eigenvalue weighted by Gasteiger charge is 2.16. The predicted molar refractivity (Wildman–Crippen MR) is 170 cm³/mol. The van der Waals surface area contributed by atoms with Crippen molar-refractivity contribution in [3.05, 3.63) is 80.8 Å². The molecule has 0 fully saturated rings. The molecule has 0 atom stereocenters. The van der Waals surface area contributed by atoms with Crippen molar-refractivity contribution in [3.8, 4) is 11.5 Å². The van der Waals surface area contributed by atoms with E-state index in [4.69, 9.17) is 19.7 Å². The average Bonchev–Trinajstić information content (AvgIpc) is 3.66. The number of aliphatic hydroxyl groups excluding tert-OH is 1. The SMILES string of the molecule is CC(C)Oc1cc(C=O)cc(C(=O)Nc2ncc(C(=O)O)s2)c1.CC(C)Oc1cc(CO)cc(C(=O)Nc2ncc(C(=O)O)s2)c1. The number of ether oxygens (including phenoxy) is 2. The van der Waals surface area contributed by atoms with Gasteiger partial charge in [0.25, 0.3) is 11.8 Å². The number of carboxylic acids is 2. The summed E-state index contributed by atoms with van der Waals surface area (Å²) in [7, 11) is 0. The van der Waals surface area contributed by atoms with Gasteiger partial charge in [0.05, 0.1) is 31.2 Å². The van der Waals surface area contributed by atoms with Crippen LogP contribution in [0, 0.1) is 0 Å². The molecule has 4 aromatic rings. The van der Waals surface area contributed by atoms with E-state index in [9.17, 15) is 29.1 Å². The largest absolute Gasteiger partial charge is 0.491 e. The molecule has 2 heterocycles. The molecule has 16 heteroatoms. The zero-order valence-corrected chi connectivity index (χ0v) is 26.6. The third-order valence-electron chi connectivity index (χ3n) is 5.36. The van der Waals surface area contributed by atoms with Crippen LogP contribution in [0.3, 0.4) is 0 Å². The number of aliphatic hydroxyl groups is 1. The molecule has 5 N–H and O–H groups in total. The molecule has 0 unspecified atom stereocenters. The Morgan fingerprint density at radius 3 is 1.61 bits per heavy atom. The molecular weight excluding hydrogens is 640 g/mol. The van der Waals surface area contributed by atoms with Crippen molar-refractivity contribution in [2.24, 2.45) is 0 Å². The molecule has 0 radical (unpaired) electrons. The van der Waals surface area contributed by atoms with E-state index in [1.54, 1.807) is 12.1 Å². The van der Waals surface area contributed by atoms with E-state index in [1.165, 1.54) is 30.5 Å². The number of thiazole rings is 2. The van der Waals surface area contributed by atoms with E-state index < -0.39 is 23.8 Å². The Labute approximate surface area is 270 Å². The number of aromatic nitrogens is 2. The second-order valence-corrected chi connectivity index (χ2v) is 11.9. The number of carbonyl (C=O) groups excluding carboxylic acids is 3. The van der Waals surface area contributed by atoms with Gasteiger partial charge in [-0.25, -0.2) is 19.6 Å². The van der Waals surface area contributed by atoms with Crippen LogP contribution in [0.5, 0.6) is 11.5 Å². The molecule has 242 valence electrons. The molecule has 0 saturated carbocycles. The van der Waals surface area contributed by atoms with E-state index in [0.29, 0.717) is 34.5 Å². The fourth-order valence-corrected chi connectivity index (χ4v) is 4.89. The van der Waals surface area contributed by atoms with Gasteiger partial charge in [-0.15, -0.1) is 0 Å². The van der Waals surface area contributed by atoms with Crippen molar-refractivity contribution in [3.63, 3.8) is 0 Å². The van der Waals surface area contributed by atoms with E-state index in [-0.39, 0.29) is 44.4 Å². The Hall–Kier alpha value is -5.19. The van der Waals surface area contributed by atoms with E-state index in [1.807, 2.05) is 27.7 Å². The Balaban J connectivity index is 0.000000250. The van der Waals surface area contributed by atoms with Crippen LogP contribution in [-0.2, 0) is 6.61 Å². The Bertz CT molecular complexity index is 1730. The number of rotatable bonds is 12. The first-order valence-electron chi connectivity index (χ1n) is 13.5. The number of aldehydes is 1. The van der Waals surface area contributed by atoms with Gasteiger partial charge in [0.2, 0.25) is 0 Å². The maximum absolute atomic E-state index is 12.3. The summed E-state index contributed by atoms with van der Waals surface area (Å²) in [6.45, 7) is 7.14. The smallest absolute Gasteiger partial charge is 0.347 e. The minimum Gasteiger partial charge on any atom is -0.491 e. The summed E-state index contributed by atoms with van der Waals surface area (Å²) in [4.78, 5) is 64.8. The highest BCUT2D eigenvalue weighted by Crippen LogP contribution is 2.23. The Kier molecular flexibility index (Phi) is 12.4. The summed E-state index contributed by atoms with van der Waals surface area (Å²) >= 11 is 1.71. The molecule has 0 saturated heterocycles. The number of carbonyl (C=O) groups is 5. The lowest BCUT2D eigenvalue weighted by Crippen LogP contribution is -2.13. The molecule has 0 aliphatic carbocycles. The molecule has 2 aromatic carbocycles. The standard InChI is InChI=1S/C15H16N2O5S.C15H14N2O5S/c2*1-8(2)22-11-4-9(7-18)3-10(5-11)13(19)17-15-16-6-12(23-15)14(20)21/h3-6,8,18H,7H2,1-2H3,(H,20,21)(H,16,17,19);3-8H,1-2H3,(H,20,21)(H,16,17,19). The van der Waals surface area contributed by atoms with Crippen molar-refractivity contribution < 1.29 is 48.8 Å². The van der Waals surface area contributed by atoms with Gasteiger partial charge in [-0.3, -0.25) is 25.0 Å². The zero-order valence-electron chi connectivity index (χ0n) is 25.0. The lowest BCUT2D eigenvalue weighted by molar-refractivity contribution is 0.0691. The topological polar surface area (TPSA) is 214 Å².